The molecule has 0 spiro atoms. The van der Waals surface area contributed by atoms with Crippen LogP contribution < -0.4 is 29.7 Å². The van der Waals surface area contributed by atoms with E-state index in [0.717, 1.165) is 0 Å². The zero-order chi connectivity index (χ0) is 8.43. The maximum absolute atomic E-state index is 10.3. The minimum absolute atomic E-state index is 0. The second-order valence-corrected chi connectivity index (χ2v) is 2.53. The van der Waals surface area contributed by atoms with E-state index >= 15 is 0 Å². The molecule has 0 atom stereocenters. The van der Waals surface area contributed by atoms with Gasteiger partial charge in [0.1, 0.15) is 10.3 Å². The number of carbonyl (C=O) groups is 1. The molecule has 2 N–H and O–H groups in total. The van der Waals surface area contributed by atoms with Crippen molar-refractivity contribution in [1.29, 1.82) is 0 Å². The van der Waals surface area contributed by atoms with Gasteiger partial charge in [-0.1, -0.05) is 0 Å². The van der Waals surface area contributed by atoms with E-state index in [-0.39, 0.29) is 30.4 Å². The van der Waals surface area contributed by atoms with Gasteiger partial charge in [-0.2, -0.15) is 0 Å². The van der Waals surface area contributed by atoms with Gasteiger partial charge in [-0.3, -0.25) is 0 Å². The number of carbonyl (C=O) groups excluding carboxylic acids is 1. The van der Waals surface area contributed by atoms with Crippen LogP contribution in [0.4, 0.5) is 5.82 Å². The Hall–Kier alpha value is -0.573. The number of carboxylic acids is 1. The molecule has 58 valence electrons. The molecule has 1 heterocycles. The predicted octanol–water partition coefficient (Wildman–Crippen LogP) is -3.81. The van der Waals surface area contributed by atoms with Crippen molar-refractivity contribution < 1.29 is 28.8 Å². The molecule has 0 aliphatic carbocycles. The van der Waals surface area contributed by atoms with Crippen LogP contribution in [0, 0.1) is 0 Å². The summed E-state index contributed by atoms with van der Waals surface area (Å²) in [6, 6.07) is 0. The average Bonchev–Trinajstić information content (AvgIpc) is 1.94. The summed E-state index contributed by atoms with van der Waals surface area (Å²) in [4.78, 5) is 17.3. The van der Waals surface area contributed by atoms with Crippen LogP contribution in [-0.2, 0) is 0 Å². The van der Waals surface area contributed by atoms with Gasteiger partial charge >= 0.3 is 18.9 Å². The van der Waals surface area contributed by atoms with Gasteiger partial charge in [-0.15, -0.1) is 0 Å². The molecule has 1 aromatic rings. The number of hydrogen-bond acceptors (Lipinski definition) is 5. The molecule has 0 radical (unpaired) electrons. The maximum Gasteiger partial charge on any atom is 1.00 e. The second-order valence-electron chi connectivity index (χ2n) is 1.71. The van der Waals surface area contributed by atoms with Crippen LogP contribution in [0.3, 0.4) is 0 Å². The van der Waals surface area contributed by atoms with Gasteiger partial charge in [0.15, 0.2) is 5.82 Å². The van der Waals surface area contributed by atoms with Gasteiger partial charge in [-0.25, -0.2) is 9.97 Å². The van der Waals surface area contributed by atoms with E-state index in [1.54, 1.807) is 0 Å². The summed E-state index contributed by atoms with van der Waals surface area (Å²) in [6.45, 7) is 0. The third kappa shape index (κ3) is 2.48. The van der Waals surface area contributed by atoms with E-state index in [9.17, 15) is 9.90 Å². The molecule has 0 amide bonds. The quantitative estimate of drug-likeness (QED) is 0.493. The van der Waals surface area contributed by atoms with E-state index in [1.165, 1.54) is 6.20 Å². The Morgan fingerprint density at radius 2 is 2.25 bits per heavy atom. The van der Waals surface area contributed by atoms with Crippen molar-refractivity contribution in [3.05, 3.63) is 16.5 Å². The van der Waals surface area contributed by atoms with Crippen molar-refractivity contribution >= 4 is 27.7 Å². The maximum atomic E-state index is 10.3. The minimum atomic E-state index is -1.43. The summed E-state index contributed by atoms with van der Waals surface area (Å²) in [7, 11) is 0. The minimum Gasteiger partial charge on any atom is -0.543 e. The number of aromatic carboxylic acids is 1. The Kier molecular flexibility index (Phi) is 4.24. The first-order valence-corrected chi connectivity index (χ1v) is 3.40. The molecule has 0 unspecified atom stereocenters. The summed E-state index contributed by atoms with van der Waals surface area (Å²) in [6.07, 6.45) is 1.31. The first-order valence-electron chi connectivity index (χ1n) is 2.60. The Morgan fingerprint density at radius 1 is 1.67 bits per heavy atom. The van der Waals surface area contributed by atoms with E-state index in [0.29, 0.717) is 4.60 Å². The van der Waals surface area contributed by atoms with Crippen LogP contribution in [-0.4, -0.2) is 15.9 Å². The fourth-order valence-electron chi connectivity index (χ4n) is 0.527. The average molecular weight is 224 g/mol. The summed E-state index contributed by atoms with van der Waals surface area (Å²) in [5.41, 5.74) is 4.83. The molecule has 0 saturated carbocycles. The van der Waals surface area contributed by atoms with Crippen molar-refractivity contribution in [3.63, 3.8) is 0 Å². The van der Waals surface area contributed by atoms with E-state index < -0.39 is 5.97 Å². The molecule has 0 fully saturated rings. The van der Waals surface area contributed by atoms with Gasteiger partial charge in [0.2, 0.25) is 0 Å². The number of aromatic nitrogens is 2. The van der Waals surface area contributed by atoms with Crippen molar-refractivity contribution in [2.45, 2.75) is 0 Å². The molecule has 0 aliphatic heterocycles. The van der Waals surface area contributed by atoms with E-state index in [4.69, 9.17) is 5.73 Å². The van der Waals surface area contributed by atoms with E-state index in [1.807, 2.05) is 0 Å². The Labute approximate surface area is 88.7 Å². The molecule has 0 saturated heterocycles. The van der Waals surface area contributed by atoms with Gasteiger partial charge in [-0.05, 0) is 15.9 Å². The van der Waals surface area contributed by atoms with Crippen LogP contribution in [0.25, 0.3) is 0 Å². The van der Waals surface area contributed by atoms with Crippen molar-refractivity contribution in [2.24, 2.45) is 0 Å². The van der Waals surface area contributed by atoms with Crippen molar-refractivity contribution in [3.8, 4) is 0 Å². The largest absolute Gasteiger partial charge is 1.00 e. The second kappa shape index (κ2) is 4.45. The molecule has 12 heavy (non-hydrogen) atoms. The van der Waals surface area contributed by atoms with E-state index in [2.05, 4.69) is 25.9 Å². The number of nitrogens with two attached hydrogens (primary N) is 1. The first kappa shape index (κ1) is 11.4. The molecule has 5 nitrogen and oxygen atoms in total. The van der Waals surface area contributed by atoms with Crippen molar-refractivity contribution in [2.75, 3.05) is 5.73 Å². The summed E-state index contributed by atoms with van der Waals surface area (Å²) >= 11 is 2.94. The number of halogens is 1. The SMILES string of the molecule is Nc1ncc(Br)nc1C(=O)[O-].[Li+]. The zero-order valence-corrected chi connectivity index (χ0v) is 7.83. The predicted molar refractivity (Wildman–Crippen MR) is 38.5 cm³/mol. The summed E-state index contributed by atoms with van der Waals surface area (Å²) in [5.74, 6) is -1.58. The Bertz CT molecular complexity index is 307. The molecule has 1 aromatic heterocycles. The Morgan fingerprint density at radius 3 is 2.67 bits per heavy atom. The first-order chi connectivity index (χ1) is 5.11. The number of hydrogen-bond donors (Lipinski definition) is 1. The molecular weight excluding hydrogens is 221 g/mol. The normalized spacial score (nSPS) is 8.75. The monoisotopic (exact) mass is 223 g/mol. The number of nitrogen functional groups attached to an aromatic ring is 1. The van der Waals surface area contributed by atoms with Crippen molar-refractivity contribution in [1.82, 2.24) is 9.97 Å². The molecule has 1 rings (SSSR count). The van der Waals surface area contributed by atoms with Crippen LogP contribution in [0.2, 0.25) is 0 Å². The number of rotatable bonds is 1. The van der Waals surface area contributed by atoms with Crippen LogP contribution in [0.15, 0.2) is 10.8 Å². The van der Waals surface area contributed by atoms with Crippen LogP contribution in [0.5, 0.6) is 0 Å². The fourth-order valence-corrected chi connectivity index (χ4v) is 0.807. The Balaban J connectivity index is 0.00000121. The summed E-state index contributed by atoms with van der Waals surface area (Å²) in [5, 5.41) is 10.3. The molecule has 0 bridgehead atoms. The number of anilines is 1. The van der Waals surface area contributed by atoms with Gasteiger partial charge < -0.3 is 15.6 Å². The molecule has 0 aromatic carbocycles. The zero-order valence-electron chi connectivity index (χ0n) is 6.24. The summed E-state index contributed by atoms with van der Waals surface area (Å²) < 4.78 is 0.311. The topological polar surface area (TPSA) is 91.9 Å². The van der Waals surface area contributed by atoms with Gasteiger partial charge in [0, 0.05) is 0 Å². The van der Waals surface area contributed by atoms with Crippen LogP contribution in [0.1, 0.15) is 10.5 Å². The third-order valence-electron chi connectivity index (χ3n) is 0.965. The molecule has 0 aliphatic rings. The molecule has 7 heteroatoms. The fraction of sp³-hybridized carbons (Fsp3) is 0. The molecular formula is C5H3BrLiN3O2. The number of carboxylic acid groups (broad SMARTS) is 1. The van der Waals surface area contributed by atoms with Crippen LogP contribution >= 0.6 is 15.9 Å². The number of nitrogens with zero attached hydrogens (tertiary/aromatic N) is 2. The van der Waals surface area contributed by atoms with Gasteiger partial charge in [0.25, 0.3) is 0 Å². The van der Waals surface area contributed by atoms with Gasteiger partial charge in [0.05, 0.1) is 12.2 Å². The third-order valence-corrected chi connectivity index (χ3v) is 1.35. The smallest absolute Gasteiger partial charge is 0.543 e. The standard InChI is InChI=1S/C5H4BrN3O2.Li/c6-2-1-8-4(7)3(9-2)5(10)11;/h1H,(H2,7,8)(H,10,11);/q;+1/p-1.